The lowest BCUT2D eigenvalue weighted by molar-refractivity contribution is -0.117. The number of thiophene rings is 1. The monoisotopic (exact) mass is 459 g/mol. The van der Waals surface area contributed by atoms with Crippen molar-refractivity contribution in [2.24, 2.45) is 11.8 Å². The van der Waals surface area contributed by atoms with Crippen LogP contribution in [-0.2, 0) is 22.4 Å². The van der Waals surface area contributed by atoms with Crippen LogP contribution in [0.1, 0.15) is 77.8 Å². The Kier molecular flexibility index (Phi) is 5.71. The number of rotatable bonds is 8. The molecule has 32 heavy (non-hydrogen) atoms. The number of anilines is 1. The van der Waals surface area contributed by atoms with Gasteiger partial charge in [0.15, 0.2) is 5.69 Å². The van der Waals surface area contributed by atoms with Crippen molar-refractivity contribution < 1.29 is 20.5 Å². The van der Waals surface area contributed by atoms with Gasteiger partial charge in [-0.15, -0.1) is 16.4 Å². The normalized spacial score (nSPS) is 19.8. The number of carbonyl (C=O) groups is 3. The number of fused-ring (bicyclic) bond motifs is 1. The van der Waals surface area contributed by atoms with Crippen molar-refractivity contribution in [3.05, 3.63) is 27.9 Å². The Morgan fingerprint density at radius 2 is 2.06 bits per heavy atom. The Morgan fingerprint density at radius 3 is 2.78 bits per heavy atom. The third-order valence-corrected chi connectivity index (χ3v) is 7.51. The van der Waals surface area contributed by atoms with Crippen LogP contribution < -0.4 is 10.6 Å². The molecule has 172 valence electrons. The minimum atomic E-state index is -0.451. The van der Waals surface area contributed by atoms with Gasteiger partial charge in [-0.1, -0.05) is 5.21 Å². The van der Waals surface area contributed by atoms with E-state index in [4.69, 9.17) is 4.74 Å². The molecule has 9 nitrogen and oxygen atoms in total. The van der Waals surface area contributed by atoms with E-state index in [0.717, 1.165) is 49.0 Å². The number of amides is 2. The van der Waals surface area contributed by atoms with E-state index in [1.807, 2.05) is 0 Å². The highest BCUT2D eigenvalue weighted by Gasteiger charge is 2.35. The molecule has 2 N–H and O–H groups in total. The van der Waals surface area contributed by atoms with E-state index < -0.39 is 5.97 Å². The summed E-state index contributed by atoms with van der Waals surface area (Å²) in [7, 11) is 0. The summed E-state index contributed by atoms with van der Waals surface area (Å²) in [4.78, 5) is 39.1. The molecule has 10 heteroatoms. The third-order valence-electron chi connectivity index (χ3n) is 6.30. The van der Waals surface area contributed by atoms with E-state index in [1.165, 1.54) is 17.5 Å². The molecule has 2 saturated carbocycles. The average molecular weight is 460 g/mol. The highest BCUT2D eigenvalue weighted by Crippen LogP contribution is 2.42. The SMILES string of the molecule is CCOC(=O)c1cnnn1C1CCc2sc(NC(=O)C3CC3)c(C(=O)NCC3CC3)c2C1.[HH]. The first kappa shape index (κ1) is 21.1. The zero-order valence-electron chi connectivity index (χ0n) is 18.1. The van der Waals surface area contributed by atoms with Crippen LogP contribution in [0.3, 0.4) is 0 Å². The second-order valence-corrected chi connectivity index (χ2v) is 9.91. The number of nitrogens with one attached hydrogen (secondary N) is 2. The van der Waals surface area contributed by atoms with E-state index in [1.54, 1.807) is 11.6 Å². The van der Waals surface area contributed by atoms with E-state index >= 15 is 0 Å². The number of hydrogen-bond donors (Lipinski definition) is 2. The van der Waals surface area contributed by atoms with Crippen molar-refractivity contribution >= 4 is 34.1 Å². The molecular formula is C22H29N5O4S. The van der Waals surface area contributed by atoms with Crippen LogP contribution in [-0.4, -0.2) is 45.9 Å². The van der Waals surface area contributed by atoms with Gasteiger partial charge in [0, 0.05) is 18.8 Å². The molecule has 2 amide bonds. The zero-order valence-corrected chi connectivity index (χ0v) is 18.9. The molecule has 2 aromatic heterocycles. The number of nitrogens with zero attached hydrogens (tertiary/aromatic N) is 3. The molecule has 3 aliphatic rings. The molecule has 0 radical (unpaired) electrons. The van der Waals surface area contributed by atoms with Gasteiger partial charge in [-0.2, -0.15) is 0 Å². The molecule has 0 spiro atoms. The number of aromatic nitrogens is 3. The lowest BCUT2D eigenvalue weighted by Gasteiger charge is -2.24. The first-order valence-electron chi connectivity index (χ1n) is 11.4. The number of aryl methyl sites for hydroxylation is 1. The first-order chi connectivity index (χ1) is 15.5. The van der Waals surface area contributed by atoms with E-state index in [0.29, 0.717) is 35.1 Å². The number of carbonyl (C=O) groups excluding carboxylic acids is 3. The number of ether oxygens (including phenoxy) is 1. The molecular weight excluding hydrogens is 430 g/mol. The Morgan fingerprint density at radius 1 is 1.25 bits per heavy atom. The molecule has 0 aliphatic heterocycles. The summed E-state index contributed by atoms with van der Waals surface area (Å²) in [5, 5.41) is 14.8. The fraction of sp³-hybridized carbons (Fsp3) is 0.591. The van der Waals surface area contributed by atoms with Crippen LogP contribution in [0.4, 0.5) is 5.00 Å². The van der Waals surface area contributed by atoms with Crippen LogP contribution in [0.2, 0.25) is 0 Å². The van der Waals surface area contributed by atoms with Crippen molar-refractivity contribution in [1.29, 1.82) is 0 Å². The third kappa shape index (κ3) is 4.28. The van der Waals surface area contributed by atoms with Crippen LogP contribution in [0.15, 0.2) is 6.20 Å². The smallest absolute Gasteiger partial charge is 0.358 e. The van der Waals surface area contributed by atoms with Gasteiger partial charge in [0.05, 0.1) is 24.4 Å². The summed E-state index contributed by atoms with van der Waals surface area (Å²) in [6.45, 7) is 2.70. The molecule has 0 aromatic carbocycles. The quantitative estimate of drug-likeness (QED) is 0.587. The van der Waals surface area contributed by atoms with E-state index in [9.17, 15) is 14.4 Å². The van der Waals surface area contributed by atoms with Gasteiger partial charge < -0.3 is 15.4 Å². The largest absolute Gasteiger partial charge is 0.461 e. The van der Waals surface area contributed by atoms with Gasteiger partial charge in [-0.3, -0.25) is 9.59 Å². The van der Waals surface area contributed by atoms with Crippen LogP contribution in [0, 0.1) is 11.8 Å². The Bertz CT molecular complexity index is 1060. The topological polar surface area (TPSA) is 115 Å². The summed E-state index contributed by atoms with van der Waals surface area (Å²) in [5.74, 6) is 0.0375. The maximum atomic E-state index is 13.2. The number of hydrogen-bond acceptors (Lipinski definition) is 7. The standard InChI is InChI=1S/C22H27N5O4S.H2/c1-2-31-22(30)16-11-24-26-27(16)14-7-8-17-15(9-14)18(20(29)23-10-12-3-4-12)21(32-17)25-19(28)13-5-6-13;/h11-14H,2-10H2,1H3,(H,23,29)(H,25,28);1H. The molecule has 0 bridgehead atoms. The van der Waals surface area contributed by atoms with Crippen molar-refractivity contribution in [2.75, 3.05) is 18.5 Å². The van der Waals surface area contributed by atoms with Crippen molar-refractivity contribution in [2.45, 2.75) is 57.9 Å². The van der Waals surface area contributed by atoms with E-state index in [2.05, 4.69) is 20.9 Å². The average Bonchev–Trinajstić information content (AvgIpc) is 3.71. The van der Waals surface area contributed by atoms with Gasteiger partial charge in [0.1, 0.15) is 5.00 Å². The summed E-state index contributed by atoms with van der Waals surface area (Å²) in [6, 6.07) is -0.110. The maximum absolute atomic E-state index is 13.2. The van der Waals surface area contributed by atoms with Gasteiger partial charge in [0.25, 0.3) is 5.91 Å². The summed E-state index contributed by atoms with van der Waals surface area (Å²) in [5.41, 5.74) is 1.83. The van der Waals surface area contributed by atoms with Crippen LogP contribution >= 0.6 is 11.3 Å². The molecule has 1 unspecified atom stereocenters. The molecule has 0 saturated heterocycles. The lowest BCUT2D eigenvalue weighted by Crippen LogP contribution is -2.29. The maximum Gasteiger partial charge on any atom is 0.358 e. The van der Waals surface area contributed by atoms with Gasteiger partial charge in [0.2, 0.25) is 5.91 Å². The summed E-state index contributed by atoms with van der Waals surface area (Å²) in [6.07, 6.45) is 7.60. The van der Waals surface area contributed by atoms with E-state index in [-0.39, 0.29) is 31.8 Å². The fourth-order valence-electron chi connectivity index (χ4n) is 4.17. The predicted molar refractivity (Wildman–Crippen MR) is 120 cm³/mol. The fourth-order valence-corrected chi connectivity index (χ4v) is 5.42. The minimum Gasteiger partial charge on any atom is -0.461 e. The molecule has 2 fully saturated rings. The van der Waals surface area contributed by atoms with Crippen LogP contribution in [0.5, 0.6) is 0 Å². The summed E-state index contributed by atoms with van der Waals surface area (Å²) >= 11 is 1.50. The Balaban J connectivity index is 0.00000259. The Labute approximate surface area is 191 Å². The van der Waals surface area contributed by atoms with Gasteiger partial charge >= 0.3 is 5.97 Å². The lowest BCUT2D eigenvalue weighted by atomic mass is 9.91. The highest BCUT2D eigenvalue weighted by molar-refractivity contribution is 7.17. The number of esters is 1. The second kappa shape index (κ2) is 8.65. The zero-order chi connectivity index (χ0) is 22.2. The molecule has 1 atom stereocenters. The molecule has 5 rings (SSSR count). The van der Waals surface area contributed by atoms with Gasteiger partial charge in [-0.05, 0) is 63.4 Å². The highest BCUT2D eigenvalue weighted by atomic mass is 32.1. The first-order valence-corrected chi connectivity index (χ1v) is 12.2. The Hall–Kier alpha value is -2.75. The van der Waals surface area contributed by atoms with Crippen LogP contribution in [0.25, 0.3) is 0 Å². The van der Waals surface area contributed by atoms with Crippen molar-refractivity contribution in [3.8, 4) is 0 Å². The predicted octanol–water partition coefficient (Wildman–Crippen LogP) is 2.98. The molecule has 3 aliphatic carbocycles. The molecule has 2 heterocycles. The van der Waals surface area contributed by atoms with Gasteiger partial charge in [-0.25, -0.2) is 9.48 Å². The second-order valence-electron chi connectivity index (χ2n) is 8.81. The molecule has 2 aromatic rings. The summed E-state index contributed by atoms with van der Waals surface area (Å²) < 4.78 is 6.75. The minimum absolute atomic E-state index is 0. The van der Waals surface area contributed by atoms with Crippen molar-refractivity contribution in [3.63, 3.8) is 0 Å². The van der Waals surface area contributed by atoms with Crippen molar-refractivity contribution in [1.82, 2.24) is 20.3 Å².